The zero-order chi connectivity index (χ0) is 36.2. The summed E-state index contributed by atoms with van der Waals surface area (Å²) in [6, 6.07) is 15.1. The maximum atomic E-state index is 13.5. The van der Waals surface area contributed by atoms with Crippen molar-refractivity contribution in [2.75, 3.05) is 40.1 Å². The van der Waals surface area contributed by atoms with Gasteiger partial charge in [0.25, 0.3) is 0 Å². The smallest absolute Gasteiger partial charge is 0.409 e. The SMILES string of the molecule is C=CCOc1ccc2c(c1)C1C(CCCCO)C(CCCCO)C=C3C(=NOCc4ccccc4)CC(N(C)C(=O)OCC)C(OCC=C)(O2)C31. The summed E-state index contributed by atoms with van der Waals surface area (Å²) < 4.78 is 25.6. The highest BCUT2D eigenvalue weighted by atomic mass is 16.7. The van der Waals surface area contributed by atoms with Gasteiger partial charge in [0, 0.05) is 38.2 Å². The highest BCUT2D eigenvalue weighted by molar-refractivity contribution is 6.02. The lowest BCUT2D eigenvalue weighted by atomic mass is 9.55. The molecule has 1 saturated carbocycles. The number of hydrogen-bond donors (Lipinski definition) is 2. The van der Waals surface area contributed by atoms with Crippen LogP contribution in [-0.4, -0.2) is 78.8 Å². The Labute approximate surface area is 302 Å². The lowest BCUT2D eigenvalue weighted by molar-refractivity contribution is -0.253. The van der Waals surface area contributed by atoms with Gasteiger partial charge in [0.05, 0.1) is 24.8 Å². The molecule has 6 atom stereocenters. The van der Waals surface area contributed by atoms with Gasteiger partial charge in [0.1, 0.15) is 30.8 Å². The second-order valence-corrected chi connectivity index (χ2v) is 13.4. The number of benzene rings is 2. The predicted octanol–water partition coefficient (Wildman–Crippen LogP) is 7.17. The second kappa shape index (κ2) is 18.4. The number of aliphatic hydroxyl groups is 2. The van der Waals surface area contributed by atoms with E-state index in [4.69, 9.17) is 28.9 Å². The van der Waals surface area contributed by atoms with Crippen molar-refractivity contribution >= 4 is 11.8 Å². The molecular weight excluding hydrogens is 648 g/mol. The standard InChI is InChI=1S/C41H54N2O8/c1-5-23-48-31-19-20-36-34(26-31)38-32(18-12-14-22-45)30(17-11-13-21-44)25-33-35(42-50-28-29-15-9-8-10-16-29)27-37(43(4)40(46)47-7-3)41(51-36,39(33)38)49-24-6-2/h5-6,8-10,15-16,19-20,25-26,30,32,37-39,44-45H,1-2,7,11-14,17-18,21-24,27-28H2,3-4H3. The Morgan fingerprint density at radius 3 is 2.49 bits per heavy atom. The van der Waals surface area contributed by atoms with Crippen molar-refractivity contribution in [1.82, 2.24) is 4.90 Å². The minimum Gasteiger partial charge on any atom is -0.490 e. The molecule has 2 aliphatic carbocycles. The Kier molecular flexibility index (Phi) is 13.7. The van der Waals surface area contributed by atoms with Crippen LogP contribution < -0.4 is 9.47 Å². The molecule has 0 spiro atoms. The third kappa shape index (κ3) is 8.51. The van der Waals surface area contributed by atoms with E-state index in [-0.39, 0.29) is 50.8 Å². The Morgan fingerprint density at radius 2 is 1.78 bits per heavy atom. The number of hydrogen-bond acceptors (Lipinski definition) is 9. The van der Waals surface area contributed by atoms with Crippen LogP contribution >= 0.6 is 0 Å². The molecule has 1 aliphatic heterocycles. The van der Waals surface area contributed by atoms with Gasteiger partial charge in [-0.25, -0.2) is 4.79 Å². The van der Waals surface area contributed by atoms with E-state index in [1.807, 2.05) is 42.5 Å². The van der Waals surface area contributed by atoms with E-state index in [0.29, 0.717) is 37.4 Å². The van der Waals surface area contributed by atoms with Crippen LogP contribution in [0.25, 0.3) is 0 Å². The van der Waals surface area contributed by atoms with E-state index >= 15 is 0 Å². The highest BCUT2D eigenvalue weighted by Crippen LogP contribution is 2.61. The van der Waals surface area contributed by atoms with Gasteiger partial charge in [0.2, 0.25) is 5.79 Å². The molecule has 51 heavy (non-hydrogen) atoms. The van der Waals surface area contributed by atoms with Crippen LogP contribution in [0.15, 0.2) is 90.6 Å². The average Bonchev–Trinajstić information content (AvgIpc) is 3.15. The number of amides is 1. The van der Waals surface area contributed by atoms with E-state index in [1.165, 1.54) is 0 Å². The maximum absolute atomic E-state index is 13.5. The lowest BCUT2D eigenvalue weighted by Crippen LogP contribution is -2.69. The third-order valence-electron chi connectivity index (χ3n) is 10.3. The van der Waals surface area contributed by atoms with Crippen molar-refractivity contribution < 1.29 is 38.8 Å². The van der Waals surface area contributed by atoms with Gasteiger partial charge in [-0.3, -0.25) is 0 Å². The first-order valence-electron chi connectivity index (χ1n) is 18.3. The molecule has 10 nitrogen and oxygen atoms in total. The second-order valence-electron chi connectivity index (χ2n) is 13.4. The van der Waals surface area contributed by atoms with Gasteiger partial charge >= 0.3 is 6.09 Å². The number of carbonyl (C=O) groups excluding carboxylic acids is 1. The van der Waals surface area contributed by atoms with E-state index in [9.17, 15) is 15.0 Å². The van der Waals surface area contributed by atoms with Crippen LogP contribution in [0.5, 0.6) is 11.5 Å². The van der Waals surface area contributed by atoms with Crippen LogP contribution in [0.4, 0.5) is 4.79 Å². The number of allylic oxidation sites excluding steroid dienone is 1. The van der Waals surface area contributed by atoms with Gasteiger partial charge in [-0.1, -0.05) is 73.1 Å². The third-order valence-corrected chi connectivity index (χ3v) is 10.3. The van der Waals surface area contributed by atoms with Crippen LogP contribution in [0, 0.1) is 17.8 Å². The molecule has 10 heteroatoms. The summed E-state index contributed by atoms with van der Waals surface area (Å²) in [5, 5.41) is 24.4. The number of ether oxygens (including phenoxy) is 4. The topological polar surface area (TPSA) is 119 Å². The first-order valence-corrected chi connectivity index (χ1v) is 18.3. The van der Waals surface area contributed by atoms with Crippen LogP contribution in [-0.2, 0) is 20.9 Å². The number of likely N-dealkylation sites (N-methyl/N-ethyl adjacent to an activating group) is 1. The molecule has 2 aromatic rings. The molecule has 276 valence electrons. The fourth-order valence-electron chi connectivity index (χ4n) is 8.08. The fraction of sp³-hybridized carbons (Fsp3) is 0.512. The molecule has 5 rings (SSSR count). The Morgan fingerprint density at radius 1 is 1.04 bits per heavy atom. The van der Waals surface area contributed by atoms with Gasteiger partial charge in [-0.05, 0) is 73.8 Å². The average molecular weight is 703 g/mol. The van der Waals surface area contributed by atoms with Crippen molar-refractivity contribution in [2.45, 2.75) is 76.2 Å². The first-order chi connectivity index (χ1) is 24.9. The number of fused-ring (bicyclic) bond motifs is 2. The summed E-state index contributed by atoms with van der Waals surface area (Å²) in [6.07, 6.45) is 10.3. The monoisotopic (exact) mass is 702 g/mol. The summed E-state index contributed by atoms with van der Waals surface area (Å²) >= 11 is 0. The number of nitrogens with zero attached hydrogens (tertiary/aromatic N) is 2. The molecular formula is C41H54N2O8. The lowest BCUT2D eigenvalue weighted by Gasteiger charge is -2.59. The first kappa shape index (κ1) is 38.1. The van der Waals surface area contributed by atoms with E-state index in [1.54, 1.807) is 31.0 Å². The fourth-order valence-corrected chi connectivity index (χ4v) is 8.08. The molecule has 0 aromatic heterocycles. The number of rotatable bonds is 19. The molecule has 2 N–H and O–H groups in total. The summed E-state index contributed by atoms with van der Waals surface area (Å²) in [5.41, 5.74) is 3.69. The van der Waals surface area contributed by atoms with E-state index in [0.717, 1.165) is 48.1 Å². The maximum Gasteiger partial charge on any atom is 0.409 e. The minimum atomic E-state index is -1.33. The van der Waals surface area contributed by atoms with Crippen molar-refractivity contribution in [1.29, 1.82) is 0 Å². The molecule has 1 heterocycles. The summed E-state index contributed by atoms with van der Waals surface area (Å²) in [4.78, 5) is 21.2. The van der Waals surface area contributed by atoms with E-state index in [2.05, 4.69) is 25.3 Å². The van der Waals surface area contributed by atoms with Crippen LogP contribution in [0.1, 0.15) is 68.9 Å². The number of aliphatic hydroxyl groups excluding tert-OH is 2. The Bertz CT molecular complexity index is 1530. The molecule has 3 aliphatic rings. The number of carbonyl (C=O) groups is 1. The van der Waals surface area contributed by atoms with Crippen LogP contribution in [0.2, 0.25) is 0 Å². The van der Waals surface area contributed by atoms with Gasteiger partial charge in [-0.2, -0.15) is 0 Å². The van der Waals surface area contributed by atoms with Gasteiger partial charge in [-0.15, -0.1) is 6.58 Å². The normalized spacial score (nSPS) is 25.5. The highest BCUT2D eigenvalue weighted by Gasteiger charge is 2.65. The van der Waals surface area contributed by atoms with Crippen molar-refractivity contribution in [2.24, 2.45) is 22.9 Å². The zero-order valence-corrected chi connectivity index (χ0v) is 30.1. The number of oxime groups is 1. The molecule has 1 amide bonds. The molecule has 6 unspecified atom stereocenters. The zero-order valence-electron chi connectivity index (χ0n) is 30.1. The van der Waals surface area contributed by atoms with Crippen molar-refractivity contribution in [3.63, 3.8) is 0 Å². The van der Waals surface area contributed by atoms with Crippen LogP contribution in [0.3, 0.4) is 0 Å². The molecule has 0 saturated heterocycles. The molecule has 0 bridgehead atoms. The summed E-state index contributed by atoms with van der Waals surface area (Å²) in [5.74, 6) is -0.250. The summed E-state index contributed by atoms with van der Waals surface area (Å²) in [7, 11) is 1.72. The van der Waals surface area contributed by atoms with Gasteiger partial charge < -0.3 is 38.9 Å². The molecule has 2 aromatic carbocycles. The van der Waals surface area contributed by atoms with Crippen molar-refractivity contribution in [3.05, 3.63) is 96.6 Å². The predicted molar refractivity (Wildman–Crippen MR) is 197 cm³/mol. The molecule has 0 radical (unpaired) electrons. The van der Waals surface area contributed by atoms with Gasteiger partial charge in [0.15, 0.2) is 0 Å². The molecule has 1 fully saturated rings. The Hall–Kier alpha value is -4.12. The quantitative estimate of drug-likeness (QED) is 0.0899. The Balaban J connectivity index is 1.73. The van der Waals surface area contributed by atoms with Crippen molar-refractivity contribution in [3.8, 4) is 11.5 Å². The van der Waals surface area contributed by atoms with E-state index < -0.39 is 23.8 Å². The number of unbranched alkanes of at least 4 members (excludes halogenated alkanes) is 2. The largest absolute Gasteiger partial charge is 0.490 e. The summed E-state index contributed by atoms with van der Waals surface area (Å²) in [6.45, 7) is 10.9. The minimum absolute atomic E-state index is 0.116.